The summed E-state index contributed by atoms with van der Waals surface area (Å²) in [6.07, 6.45) is 4.52. The standard InChI is InChI=1S/C17H22N2O3/c1-12(2)22-15-5-3-4-13(10-15)6-8-17(21)19-14-7-9-16(20)18-11-14/h3-6,8,10,12,14H,7,9,11H2,1-2H3,(H,18,20)(H,19,21). The second-order valence-electron chi connectivity index (χ2n) is 5.62. The molecule has 0 bridgehead atoms. The smallest absolute Gasteiger partial charge is 0.244 e. The molecule has 1 aromatic rings. The number of rotatable bonds is 5. The van der Waals surface area contributed by atoms with Crippen molar-refractivity contribution >= 4 is 17.9 Å². The zero-order chi connectivity index (χ0) is 15.9. The van der Waals surface area contributed by atoms with Gasteiger partial charge in [0.25, 0.3) is 0 Å². The van der Waals surface area contributed by atoms with Crippen LogP contribution in [-0.4, -0.2) is 30.5 Å². The van der Waals surface area contributed by atoms with Gasteiger partial charge in [-0.15, -0.1) is 0 Å². The predicted molar refractivity (Wildman–Crippen MR) is 85.4 cm³/mol. The molecule has 0 aliphatic carbocycles. The third-order valence-electron chi connectivity index (χ3n) is 3.27. The lowest BCUT2D eigenvalue weighted by Gasteiger charge is -2.22. The Morgan fingerprint density at radius 3 is 2.95 bits per heavy atom. The van der Waals surface area contributed by atoms with Crippen LogP contribution >= 0.6 is 0 Å². The van der Waals surface area contributed by atoms with Crippen molar-refractivity contribution in [2.75, 3.05) is 6.54 Å². The first-order valence-corrected chi connectivity index (χ1v) is 7.55. The van der Waals surface area contributed by atoms with Crippen molar-refractivity contribution in [3.63, 3.8) is 0 Å². The van der Waals surface area contributed by atoms with Crippen LogP contribution < -0.4 is 15.4 Å². The van der Waals surface area contributed by atoms with Crippen LogP contribution in [0.15, 0.2) is 30.3 Å². The molecule has 5 heteroatoms. The number of hydrogen-bond acceptors (Lipinski definition) is 3. The van der Waals surface area contributed by atoms with Gasteiger partial charge in [0.15, 0.2) is 0 Å². The monoisotopic (exact) mass is 302 g/mol. The van der Waals surface area contributed by atoms with E-state index in [9.17, 15) is 9.59 Å². The molecule has 0 spiro atoms. The van der Waals surface area contributed by atoms with Gasteiger partial charge < -0.3 is 15.4 Å². The number of amides is 2. The van der Waals surface area contributed by atoms with Gasteiger partial charge in [-0.2, -0.15) is 0 Å². The van der Waals surface area contributed by atoms with Crippen LogP contribution in [0.3, 0.4) is 0 Å². The van der Waals surface area contributed by atoms with Crippen molar-refractivity contribution in [2.24, 2.45) is 0 Å². The van der Waals surface area contributed by atoms with Crippen LogP contribution in [0.1, 0.15) is 32.3 Å². The summed E-state index contributed by atoms with van der Waals surface area (Å²) in [5, 5.41) is 5.63. The summed E-state index contributed by atoms with van der Waals surface area (Å²) in [6.45, 7) is 4.44. The van der Waals surface area contributed by atoms with E-state index in [1.54, 1.807) is 6.08 Å². The third-order valence-corrected chi connectivity index (χ3v) is 3.27. The van der Waals surface area contributed by atoms with Crippen molar-refractivity contribution in [2.45, 2.75) is 38.8 Å². The molecular formula is C17H22N2O3. The first kappa shape index (κ1) is 16.1. The van der Waals surface area contributed by atoms with Crippen LogP contribution in [0.25, 0.3) is 6.08 Å². The van der Waals surface area contributed by atoms with E-state index >= 15 is 0 Å². The van der Waals surface area contributed by atoms with Gasteiger partial charge in [-0.1, -0.05) is 12.1 Å². The Labute approximate surface area is 130 Å². The Hall–Kier alpha value is -2.30. The molecule has 1 aliphatic heterocycles. The average molecular weight is 302 g/mol. The van der Waals surface area contributed by atoms with Gasteiger partial charge in [0.2, 0.25) is 11.8 Å². The Bertz CT molecular complexity index is 557. The normalized spacial score (nSPS) is 18.3. The Balaban J connectivity index is 1.88. The lowest BCUT2D eigenvalue weighted by atomic mass is 10.1. The average Bonchev–Trinajstić information content (AvgIpc) is 2.47. The van der Waals surface area contributed by atoms with E-state index in [1.807, 2.05) is 38.1 Å². The summed E-state index contributed by atoms with van der Waals surface area (Å²) >= 11 is 0. The second kappa shape index (κ2) is 7.64. The SMILES string of the molecule is CC(C)Oc1cccc(C=CC(=O)NC2CCC(=O)NC2)c1. The van der Waals surface area contributed by atoms with Crippen molar-refractivity contribution in [1.29, 1.82) is 0 Å². The fraction of sp³-hybridized carbons (Fsp3) is 0.412. The lowest BCUT2D eigenvalue weighted by molar-refractivity contribution is -0.124. The number of benzene rings is 1. The summed E-state index contributed by atoms with van der Waals surface area (Å²) in [4.78, 5) is 23.0. The number of hydrogen-bond donors (Lipinski definition) is 2. The maximum Gasteiger partial charge on any atom is 0.244 e. The lowest BCUT2D eigenvalue weighted by Crippen LogP contribution is -2.47. The molecule has 1 aromatic carbocycles. The van der Waals surface area contributed by atoms with E-state index in [2.05, 4.69) is 10.6 Å². The zero-order valence-corrected chi connectivity index (χ0v) is 13.0. The molecule has 0 saturated carbocycles. The number of ether oxygens (including phenoxy) is 1. The van der Waals surface area contributed by atoms with E-state index < -0.39 is 0 Å². The van der Waals surface area contributed by atoms with E-state index in [1.165, 1.54) is 6.08 Å². The fourth-order valence-electron chi connectivity index (χ4n) is 2.24. The van der Waals surface area contributed by atoms with E-state index in [0.717, 1.165) is 11.3 Å². The minimum Gasteiger partial charge on any atom is -0.491 e. The Morgan fingerprint density at radius 2 is 2.27 bits per heavy atom. The van der Waals surface area contributed by atoms with Crippen LogP contribution in [0.2, 0.25) is 0 Å². The molecule has 1 atom stereocenters. The first-order chi connectivity index (χ1) is 10.5. The molecule has 2 N–H and O–H groups in total. The van der Waals surface area contributed by atoms with Gasteiger partial charge in [0.1, 0.15) is 5.75 Å². The van der Waals surface area contributed by atoms with Gasteiger partial charge in [-0.05, 0) is 44.0 Å². The molecule has 1 saturated heterocycles. The highest BCUT2D eigenvalue weighted by molar-refractivity contribution is 5.92. The van der Waals surface area contributed by atoms with Crippen LogP contribution in [0.4, 0.5) is 0 Å². The highest BCUT2D eigenvalue weighted by Gasteiger charge is 2.18. The molecule has 1 unspecified atom stereocenters. The molecule has 1 heterocycles. The van der Waals surface area contributed by atoms with E-state index in [0.29, 0.717) is 19.4 Å². The van der Waals surface area contributed by atoms with Crippen molar-refractivity contribution in [3.05, 3.63) is 35.9 Å². The quantitative estimate of drug-likeness (QED) is 0.816. The second-order valence-corrected chi connectivity index (χ2v) is 5.62. The van der Waals surface area contributed by atoms with E-state index in [-0.39, 0.29) is 24.0 Å². The number of carbonyl (C=O) groups excluding carboxylic acids is 2. The molecule has 22 heavy (non-hydrogen) atoms. The maximum absolute atomic E-state index is 11.9. The summed E-state index contributed by atoms with van der Waals surface area (Å²) in [5.74, 6) is 0.673. The molecule has 1 fully saturated rings. The van der Waals surface area contributed by atoms with Gasteiger partial charge in [-0.25, -0.2) is 0 Å². The minimum atomic E-state index is -0.156. The topological polar surface area (TPSA) is 67.4 Å². The molecule has 0 radical (unpaired) electrons. The van der Waals surface area contributed by atoms with Gasteiger partial charge in [0, 0.05) is 25.1 Å². The molecular weight excluding hydrogens is 280 g/mol. The molecule has 1 aliphatic rings. The Morgan fingerprint density at radius 1 is 1.45 bits per heavy atom. The third kappa shape index (κ3) is 5.24. The highest BCUT2D eigenvalue weighted by Crippen LogP contribution is 2.15. The van der Waals surface area contributed by atoms with Gasteiger partial charge in [0.05, 0.1) is 6.10 Å². The number of nitrogens with one attached hydrogen (secondary N) is 2. The van der Waals surface area contributed by atoms with Gasteiger partial charge in [-0.3, -0.25) is 9.59 Å². The molecule has 2 amide bonds. The first-order valence-electron chi connectivity index (χ1n) is 7.55. The minimum absolute atomic E-state index is 0.00505. The van der Waals surface area contributed by atoms with Crippen molar-refractivity contribution in [1.82, 2.24) is 10.6 Å². The van der Waals surface area contributed by atoms with Crippen molar-refractivity contribution < 1.29 is 14.3 Å². The maximum atomic E-state index is 11.9. The van der Waals surface area contributed by atoms with Crippen LogP contribution in [0, 0.1) is 0 Å². The largest absolute Gasteiger partial charge is 0.491 e. The predicted octanol–water partition coefficient (Wildman–Crippen LogP) is 1.88. The summed E-state index contributed by atoms with van der Waals surface area (Å²) in [7, 11) is 0. The van der Waals surface area contributed by atoms with Gasteiger partial charge >= 0.3 is 0 Å². The zero-order valence-electron chi connectivity index (χ0n) is 13.0. The van der Waals surface area contributed by atoms with Crippen LogP contribution in [0.5, 0.6) is 5.75 Å². The Kier molecular flexibility index (Phi) is 5.58. The molecule has 2 rings (SSSR count). The molecule has 118 valence electrons. The van der Waals surface area contributed by atoms with Crippen LogP contribution in [-0.2, 0) is 9.59 Å². The summed E-state index contributed by atoms with van der Waals surface area (Å²) in [5.41, 5.74) is 0.908. The van der Waals surface area contributed by atoms with Crippen molar-refractivity contribution in [3.8, 4) is 5.75 Å². The highest BCUT2D eigenvalue weighted by atomic mass is 16.5. The summed E-state index contributed by atoms with van der Waals surface area (Å²) < 4.78 is 5.62. The summed E-state index contributed by atoms with van der Waals surface area (Å²) in [6, 6.07) is 7.60. The fourth-order valence-corrected chi connectivity index (χ4v) is 2.24. The molecule has 5 nitrogen and oxygen atoms in total. The molecule has 0 aromatic heterocycles. The number of carbonyl (C=O) groups is 2. The van der Waals surface area contributed by atoms with E-state index in [4.69, 9.17) is 4.74 Å². The number of piperidine rings is 1.